The average Bonchev–Trinajstić information content (AvgIpc) is 2.56. The summed E-state index contributed by atoms with van der Waals surface area (Å²) in [6.45, 7) is 0. The van der Waals surface area contributed by atoms with Gasteiger partial charge in [0.2, 0.25) is 0 Å². The first kappa shape index (κ1) is 9.48. The normalized spacial score (nSPS) is 10.1. The van der Waals surface area contributed by atoms with E-state index >= 15 is 0 Å². The molecule has 0 aliphatic carbocycles. The molecule has 2 rings (SSSR count). The Bertz CT molecular complexity index is 673. The molecule has 0 saturated heterocycles. The van der Waals surface area contributed by atoms with Crippen molar-refractivity contribution in [2.75, 3.05) is 7.11 Å². The summed E-state index contributed by atoms with van der Waals surface area (Å²) in [7, 11) is 1.42. The topological polar surface area (TPSA) is 98.7 Å². The molecule has 0 aliphatic rings. The Balaban J connectivity index is 2.98. The minimum absolute atomic E-state index is 0.228. The molecule has 2 heterocycles. The van der Waals surface area contributed by atoms with E-state index in [-0.39, 0.29) is 5.56 Å². The molecule has 0 atom stereocenters. The smallest absolute Gasteiger partial charge is 0.314 e. The lowest BCUT2D eigenvalue weighted by atomic mass is 10.3. The molecule has 0 aromatic carbocycles. The second-order valence-electron chi connectivity index (χ2n) is 2.69. The number of aromatic nitrogens is 2. The maximum atomic E-state index is 11.1. The van der Waals surface area contributed by atoms with Gasteiger partial charge >= 0.3 is 11.1 Å². The number of ether oxygens (including phenoxy) is 1. The summed E-state index contributed by atoms with van der Waals surface area (Å²) in [4.78, 5) is 27.2. The third kappa shape index (κ3) is 1.31. The van der Waals surface area contributed by atoms with Crippen LogP contribution >= 0.6 is 11.3 Å². The van der Waals surface area contributed by atoms with Crippen molar-refractivity contribution in [3.05, 3.63) is 26.3 Å². The Kier molecular flexibility index (Phi) is 2.06. The van der Waals surface area contributed by atoms with Gasteiger partial charge in [-0.25, -0.2) is 0 Å². The maximum absolute atomic E-state index is 11.1. The van der Waals surface area contributed by atoms with Crippen LogP contribution in [0.25, 0.3) is 10.3 Å². The summed E-state index contributed by atoms with van der Waals surface area (Å²) in [6, 6.07) is 1.91. The van der Waals surface area contributed by atoms with Crippen molar-refractivity contribution >= 4 is 21.7 Å². The lowest BCUT2D eigenvalue weighted by molar-refractivity contribution is 0.426. The number of aromatic amines is 2. The van der Waals surface area contributed by atoms with Gasteiger partial charge < -0.3 is 14.7 Å². The summed E-state index contributed by atoms with van der Waals surface area (Å²) < 4.78 is 4.95. The van der Waals surface area contributed by atoms with Gasteiger partial charge in [-0.3, -0.25) is 9.59 Å². The zero-order valence-corrected chi connectivity index (χ0v) is 8.40. The molecule has 7 heteroatoms. The van der Waals surface area contributed by atoms with Gasteiger partial charge in [0, 0.05) is 0 Å². The van der Waals surface area contributed by atoms with Crippen molar-refractivity contribution in [3.8, 4) is 11.1 Å². The largest absolute Gasteiger partial charge is 0.486 e. The minimum atomic E-state index is -0.778. The first-order valence-electron chi connectivity index (χ1n) is 3.90. The molecule has 0 aliphatic heterocycles. The van der Waals surface area contributed by atoms with Crippen LogP contribution in [0.3, 0.4) is 0 Å². The first-order chi connectivity index (χ1) is 7.17. The second kappa shape index (κ2) is 3.25. The van der Waals surface area contributed by atoms with Crippen molar-refractivity contribution < 1.29 is 4.74 Å². The lowest BCUT2D eigenvalue weighted by Gasteiger charge is -1.91. The van der Waals surface area contributed by atoms with E-state index in [4.69, 9.17) is 10.00 Å². The number of hydrogen-bond donors (Lipinski definition) is 2. The molecule has 2 aromatic rings. The molecule has 15 heavy (non-hydrogen) atoms. The van der Waals surface area contributed by atoms with Crippen LogP contribution in [0, 0.1) is 11.3 Å². The Hall–Kier alpha value is -2.07. The van der Waals surface area contributed by atoms with E-state index in [1.165, 1.54) is 7.11 Å². The van der Waals surface area contributed by atoms with Gasteiger partial charge in [-0.15, -0.1) is 0 Å². The van der Waals surface area contributed by atoms with Crippen molar-refractivity contribution in [2.45, 2.75) is 0 Å². The van der Waals surface area contributed by atoms with Crippen LogP contribution in [0.4, 0.5) is 0 Å². The molecule has 6 nitrogen and oxygen atoms in total. The highest BCUT2D eigenvalue weighted by Crippen LogP contribution is 2.33. The first-order valence-corrected chi connectivity index (χ1v) is 4.72. The Morgan fingerprint density at radius 3 is 2.60 bits per heavy atom. The predicted molar refractivity (Wildman–Crippen MR) is 54.3 cm³/mol. The molecular formula is C8H5N3O3S. The van der Waals surface area contributed by atoms with Crippen LogP contribution in [0.5, 0.6) is 5.06 Å². The highest BCUT2D eigenvalue weighted by Gasteiger charge is 2.14. The number of fused-ring (bicyclic) bond motifs is 1. The molecule has 0 saturated carbocycles. The SMILES string of the molecule is COc1sc2[nH]c(=O)c(=O)[nH]c2c1C#N. The van der Waals surface area contributed by atoms with Gasteiger partial charge in [0.25, 0.3) is 0 Å². The molecule has 0 fully saturated rings. The van der Waals surface area contributed by atoms with E-state index in [0.717, 1.165) is 11.3 Å². The number of rotatable bonds is 1. The van der Waals surface area contributed by atoms with Crippen molar-refractivity contribution in [1.29, 1.82) is 5.26 Å². The van der Waals surface area contributed by atoms with E-state index in [1.54, 1.807) is 0 Å². The number of nitrogens with one attached hydrogen (secondary N) is 2. The van der Waals surface area contributed by atoms with E-state index in [1.807, 2.05) is 6.07 Å². The van der Waals surface area contributed by atoms with Crippen molar-refractivity contribution in [2.24, 2.45) is 0 Å². The second-order valence-corrected chi connectivity index (χ2v) is 3.68. The highest BCUT2D eigenvalue weighted by molar-refractivity contribution is 7.20. The van der Waals surface area contributed by atoms with Gasteiger partial charge in [-0.1, -0.05) is 11.3 Å². The molecule has 0 bridgehead atoms. The molecule has 0 unspecified atom stereocenters. The molecule has 2 aromatic heterocycles. The fourth-order valence-electron chi connectivity index (χ4n) is 1.19. The van der Waals surface area contributed by atoms with Crippen molar-refractivity contribution in [1.82, 2.24) is 9.97 Å². The molecule has 0 spiro atoms. The van der Waals surface area contributed by atoms with Gasteiger partial charge in [0.15, 0.2) is 5.06 Å². The van der Waals surface area contributed by atoms with Gasteiger partial charge in [0.1, 0.15) is 16.5 Å². The molecular weight excluding hydrogens is 218 g/mol. The van der Waals surface area contributed by atoms with Crippen LogP contribution < -0.4 is 15.9 Å². The van der Waals surface area contributed by atoms with Crippen LogP contribution in [0.15, 0.2) is 9.59 Å². The molecule has 0 amide bonds. The average molecular weight is 223 g/mol. The predicted octanol–water partition coefficient (Wildman–Crippen LogP) is 0.158. The summed E-state index contributed by atoms with van der Waals surface area (Å²) in [6.07, 6.45) is 0. The Morgan fingerprint density at radius 2 is 2.00 bits per heavy atom. The third-order valence-electron chi connectivity index (χ3n) is 1.84. The molecule has 2 N–H and O–H groups in total. The Labute approximate surface area is 86.8 Å². The summed E-state index contributed by atoms with van der Waals surface area (Å²) in [5, 5.41) is 9.22. The number of H-pyrrole nitrogens is 2. The zero-order valence-electron chi connectivity index (χ0n) is 7.58. The number of thiophene rings is 1. The van der Waals surface area contributed by atoms with E-state index in [2.05, 4.69) is 9.97 Å². The van der Waals surface area contributed by atoms with Gasteiger partial charge in [-0.05, 0) is 0 Å². The summed E-state index contributed by atoms with van der Waals surface area (Å²) in [5.74, 6) is 0. The Morgan fingerprint density at radius 1 is 1.33 bits per heavy atom. The van der Waals surface area contributed by atoms with Gasteiger partial charge in [-0.2, -0.15) is 5.26 Å². The fourth-order valence-corrected chi connectivity index (χ4v) is 2.11. The lowest BCUT2D eigenvalue weighted by Crippen LogP contribution is -2.28. The summed E-state index contributed by atoms with van der Waals surface area (Å²) in [5.41, 5.74) is -0.981. The number of methoxy groups -OCH3 is 1. The van der Waals surface area contributed by atoms with Crippen LogP contribution in [-0.4, -0.2) is 17.1 Å². The maximum Gasteiger partial charge on any atom is 0.314 e. The van der Waals surface area contributed by atoms with Crippen LogP contribution in [-0.2, 0) is 0 Å². The van der Waals surface area contributed by atoms with E-state index in [9.17, 15) is 9.59 Å². The minimum Gasteiger partial charge on any atom is -0.486 e. The van der Waals surface area contributed by atoms with Crippen molar-refractivity contribution in [3.63, 3.8) is 0 Å². The monoisotopic (exact) mass is 223 g/mol. The van der Waals surface area contributed by atoms with Crippen LogP contribution in [0.2, 0.25) is 0 Å². The number of nitrogens with zero attached hydrogens (tertiary/aromatic N) is 1. The van der Waals surface area contributed by atoms with E-state index < -0.39 is 11.1 Å². The van der Waals surface area contributed by atoms with Crippen LogP contribution in [0.1, 0.15) is 5.56 Å². The zero-order chi connectivity index (χ0) is 11.0. The summed E-state index contributed by atoms with van der Waals surface area (Å²) >= 11 is 1.10. The quantitative estimate of drug-likeness (QED) is 0.672. The fraction of sp³-hybridized carbons (Fsp3) is 0.125. The third-order valence-corrected chi connectivity index (χ3v) is 2.91. The van der Waals surface area contributed by atoms with E-state index in [0.29, 0.717) is 15.4 Å². The number of nitriles is 1. The highest BCUT2D eigenvalue weighted by atomic mass is 32.1. The molecule has 76 valence electrons. The standard InChI is InChI=1S/C8H5N3O3S/c1-14-8-3(2-9)4-7(15-8)11-6(13)5(12)10-4/h1H3,(H,10,12)(H,11,13). The molecule has 0 radical (unpaired) electrons. The number of hydrogen-bond acceptors (Lipinski definition) is 5. The van der Waals surface area contributed by atoms with Gasteiger partial charge in [0.05, 0.1) is 12.6 Å².